The van der Waals surface area contributed by atoms with E-state index in [4.69, 9.17) is 4.74 Å². The number of ether oxygens (including phenoxy) is 1. The molecule has 18 heavy (non-hydrogen) atoms. The molecule has 1 atom stereocenters. The summed E-state index contributed by atoms with van der Waals surface area (Å²) in [4.78, 5) is 0. The highest BCUT2D eigenvalue weighted by Crippen LogP contribution is 2.05. The van der Waals surface area contributed by atoms with Crippen LogP contribution in [0.1, 0.15) is 46.5 Å². The summed E-state index contributed by atoms with van der Waals surface area (Å²) in [6.45, 7) is 8.30. The Kier molecular flexibility index (Phi) is 10.7. The zero-order chi connectivity index (χ0) is 13.9. The van der Waals surface area contributed by atoms with Crippen molar-refractivity contribution < 1.29 is 13.2 Å². The standard InChI is InChI=1S/C13H29NO3S/c1-4-10-14-13(9-11-17-5-2)8-7-12-18(15,16)6-3/h13-14H,4-12H2,1-3H3. The predicted octanol–water partition coefficient (Wildman–Crippen LogP) is 2.00. The van der Waals surface area contributed by atoms with Crippen molar-refractivity contribution in [1.82, 2.24) is 5.32 Å². The Morgan fingerprint density at radius 1 is 1.17 bits per heavy atom. The van der Waals surface area contributed by atoms with E-state index >= 15 is 0 Å². The summed E-state index contributed by atoms with van der Waals surface area (Å²) in [5.74, 6) is 0.557. The molecule has 0 radical (unpaired) electrons. The highest BCUT2D eigenvalue weighted by atomic mass is 32.2. The first-order valence-electron chi connectivity index (χ1n) is 7.07. The normalized spacial score (nSPS) is 13.7. The first kappa shape index (κ1) is 17.9. The second-order valence-corrected chi connectivity index (χ2v) is 6.99. The van der Waals surface area contributed by atoms with Crippen LogP contribution in [0.4, 0.5) is 0 Å². The summed E-state index contributed by atoms with van der Waals surface area (Å²) >= 11 is 0. The first-order valence-corrected chi connectivity index (χ1v) is 8.89. The van der Waals surface area contributed by atoms with Crippen molar-refractivity contribution in [1.29, 1.82) is 0 Å². The molecule has 0 spiro atoms. The molecule has 0 aromatic carbocycles. The summed E-state index contributed by atoms with van der Waals surface area (Å²) in [7, 11) is -2.82. The zero-order valence-electron chi connectivity index (χ0n) is 12.1. The molecule has 4 nitrogen and oxygen atoms in total. The van der Waals surface area contributed by atoms with Crippen LogP contribution in [0.25, 0.3) is 0 Å². The monoisotopic (exact) mass is 279 g/mol. The maximum Gasteiger partial charge on any atom is 0.150 e. The molecule has 0 heterocycles. The Morgan fingerprint density at radius 3 is 2.44 bits per heavy atom. The lowest BCUT2D eigenvalue weighted by molar-refractivity contribution is 0.135. The Balaban J connectivity index is 3.91. The van der Waals surface area contributed by atoms with Crippen molar-refractivity contribution in [2.45, 2.75) is 52.5 Å². The molecule has 0 aliphatic heterocycles. The third-order valence-corrected chi connectivity index (χ3v) is 4.74. The largest absolute Gasteiger partial charge is 0.382 e. The number of nitrogens with one attached hydrogen (secondary N) is 1. The molecule has 0 rings (SSSR count). The molecule has 0 fully saturated rings. The van der Waals surface area contributed by atoms with Crippen LogP contribution in [0.2, 0.25) is 0 Å². The molecule has 0 bridgehead atoms. The average molecular weight is 279 g/mol. The van der Waals surface area contributed by atoms with Gasteiger partial charge in [-0.05, 0) is 39.2 Å². The number of hydrogen-bond acceptors (Lipinski definition) is 4. The van der Waals surface area contributed by atoms with E-state index in [2.05, 4.69) is 12.2 Å². The second-order valence-electron chi connectivity index (χ2n) is 4.52. The van der Waals surface area contributed by atoms with Gasteiger partial charge in [0.25, 0.3) is 0 Å². The van der Waals surface area contributed by atoms with Crippen molar-refractivity contribution in [2.75, 3.05) is 31.3 Å². The number of hydrogen-bond donors (Lipinski definition) is 1. The minimum absolute atomic E-state index is 0.249. The summed E-state index contributed by atoms with van der Waals surface area (Å²) in [6.07, 6.45) is 3.70. The van der Waals surface area contributed by atoms with Gasteiger partial charge < -0.3 is 10.1 Å². The van der Waals surface area contributed by atoms with Crippen LogP contribution >= 0.6 is 0 Å². The van der Waals surface area contributed by atoms with E-state index in [-0.39, 0.29) is 5.75 Å². The van der Waals surface area contributed by atoms with Gasteiger partial charge in [0.2, 0.25) is 0 Å². The topological polar surface area (TPSA) is 55.4 Å². The molecule has 5 heteroatoms. The summed E-state index contributed by atoms with van der Waals surface area (Å²) in [5.41, 5.74) is 0. The van der Waals surface area contributed by atoms with Gasteiger partial charge in [-0.2, -0.15) is 0 Å². The summed E-state index contributed by atoms with van der Waals surface area (Å²) in [6, 6.07) is 0.378. The lowest BCUT2D eigenvalue weighted by atomic mass is 10.1. The molecule has 0 saturated heterocycles. The van der Waals surface area contributed by atoms with Gasteiger partial charge in [-0.1, -0.05) is 13.8 Å². The molecule has 110 valence electrons. The van der Waals surface area contributed by atoms with E-state index in [9.17, 15) is 8.42 Å². The maximum atomic E-state index is 11.4. The van der Waals surface area contributed by atoms with Crippen LogP contribution in [0, 0.1) is 0 Å². The fraction of sp³-hybridized carbons (Fsp3) is 1.00. The molecule has 1 unspecified atom stereocenters. The molecule has 0 aliphatic rings. The fourth-order valence-electron chi connectivity index (χ4n) is 1.76. The van der Waals surface area contributed by atoms with Gasteiger partial charge in [-0.15, -0.1) is 0 Å². The van der Waals surface area contributed by atoms with E-state index in [0.29, 0.717) is 11.8 Å². The van der Waals surface area contributed by atoms with Crippen LogP contribution in [0.3, 0.4) is 0 Å². The van der Waals surface area contributed by atoms with Crippen LogP contribution in [0.5, 0.6) is 0 Å². The minimum atomic E-state index is -2.82. The Hall–Kier alpha value is -0.130. The molecule has 1 N–H and O–H groups in total. The predicted molar refractivity (Wildman–Crippen MR) is 76.8 cm³/mol. The molecule has 0 amide bonds. The Labute approximate surface area is 112 Å². The Morgan fingerprint density at radius 2 is 1.89 bits per heavy atom. The van der Waals surface area contributed by atoms with E-state index in [1.54, 1.807) is 6.92 Å². The molecule has 0 aliphatic carbocycles. The maximum absolute atomic E-state index is 11.4. The highest BCUT2D eigenvalue weighted by Gasteiger charge is 2.11. The fourth-order valence-corrected chi connectivity index (χ4v) is 2.66. The summed E-state index contributed by atoms with van der Waals surface area (Å²) < 4.78 is 28.2. The van der Waals surface area contributed by atoms with Crippen molar-refractivity contribution >= 4 is 9.84 Å². The van der Waals surface area contributed by atoms with Gasteiger partial charge >= 0.3 is 0 Å². The van der Waals surface area contributed by atoms with Gasteiger partial charge in [-0.25, -0.2) is 8.42 Å². The third-order valence-electron chi connectivity index (χ3n) is 2.95. The number of rotatable bonds is 12. The number of sulfone groups is 1. The average Bonchev–Trinajstić information content (AvgIpc) is 2.35. The first-order chi connectivity index (χ1) is 8.55. The quantitative estimate of drug-likeness (QED) is 0.555. The zero-order valence-corrected chi connectivity index (χ0v) is 12.9. The van der Waals surface area contributed by atoms with Crippen molar-refractivity contribution in [3.05, 3.63) is 0 Å². The van der Waals surface area contributed by atoms with Crippen LogP contribution in [0.15, 0.2) is 0 Å². The van der Waals surface area contributed by atoms with E-state index < -0.39 is 9.84 Å². The lowest BCUT2D eigenvalue weighted by Crippen LogP contribution is -2.31. The van der Waals surface area contributed by atoms with Gasteiger partial charge in [0.15, 0.2) is 0 Å². The molecular formula is C13H29NO3S. The smallest absolute Gasteiger partial charge is 0.150 e. The molecule has 0 aromatic rings. The Bertz CT molecular complexity index is 278. The molecule has 0 saturated carbocycles. The van der Waals surface area contributed by atoms with Crippen LogP contribution in [-0.2, 0) is 14.6 Å². The lowest BCUT2D eigenvalue weighted by Gasteiger charge is -2.18. The van der Waals surface area contributed by atoms with Gasteiger partial charge in [0, 0.05) is 25.0 Å². The second kappa shape index (κ2) is 10.8. The van der Waals surface area contributed by atoms with Crippen molar-refractivity contribution in [3.63, 3.8) is 0 Å². The summed E-state index contributed by atoms with van der Waals surface area (Å²) in [5, 5.41) is 3.46. The van der Waals surface area contributed by atoms with Gasteiger partial charge in [0.1, 0.15) is 9.84 Å². The SMILES string of the molecule is CCCNC(CCCS(=O)(=O)CC)CCOCC. The van der Waals surface area contributed by atoms with E-state index in [1.165, 1.54) is 0 Å². The third kappa shape index (κ3) is 9.85. The van der Waals surface area contributed by atoms with Crippen molar-refractivity contribution in [2.24, 2.45) is 0 Å². The van der Waals surface area contributed by atoms with E-state index in [1.807, 2.05) is 6.92 Å². The van der Waals surface area contributed by atoms with Gasteiger partial charge in [0.05, 0.1) is 5.75 Å². The van der Waals surface area contributed by atoms with Crippen LogP contribution < -0.4 is 5.32 Å². The van der Waals surface area contributed by atoms with E-state index in [0.717, 1.165) is 45.4 Å². The van der Waals surface area contributed by atoms with Gasteiger partial charge in [-0.3, -0.25) is 0 Å². The molecule has 0 aromatic heterocycles. The van der Waals surface area contributed by atoms with Crippen molar-refractivity contribution in [3.8, 4) is 0 Å². The highest BCUT2D eigenvalue weighted by molar-refractivity contribution is 7.91. The minimum Gasteiger partial charge on any atom is -0.382 e. The van der Waals surface area contributed by atoms with Crippen LogP contribution in [-0.4, -0.2) is 45.7 Å². The molecular weight excluding hydrogens is 250 g/mol.